The fraction of sp³-hybridized carbons (Fsp3) is 0.350. The third-order valence-corrected chi connectivity index (χ3v) is 5.28. The largest absolute Gasteiger partial charge is 0.383 e. The third-order valence-electron chi connectivity index (χ3n) is 4.37. The molecule has 0 radical (unpaired) electrons. The molecular weight excluding hydrogens is 378 g/mol. The SMILES string of the molecule is CCCN1C(=O)S/C(=C\c2cn(CC(=O)NCCOC)c3ccccc23)C1=O. The summed E-state index contributed by atoms with van der Waals surface area (Å²) in [6.45, 7) is 3.42. The number of methoxy groups -OCH3 is 1. The zero-order valence-electron chi connectivity index (χ0n) is 15.9. The molecule has 0 aliphatic carbocycles. The summed E-state index contributed by atoms with van der Waals surface area (Å²) in [4.78, 5) is 38.5. The van der Waals surface area contributed by atoms with Crippen LogP contribution in [0.1, 0.15) is 18.9 Å². The number of benzene rings is 1. The number of aromatic nitrogens is 1. The Morgan fingerprint density at radius 3 is 2.82 bits per heavy atom. The van der Waals surface area contributed by atoms with Crippen molar-refractivity contribution >= 4 is 45.8 Å². The molecular formula is C20H23N3O4S. The highest BCUT2D eigenvalue weighted by Gasteiger charge is 2.34. The first-order valence-corrected chi connectivity index (χ1v) is 9.95. The number of fused-ring (bicyclic) bond motifs is 1. The maximum Gasteiger partial charge on any atom is 0.293 e. The number of ether oxygens (including phenoxy) is 1. The maximum atomic E-state index is 12.5. The van der Waals surface area contributed by atoms with Gasteiger partial charge in [0.1, 0.15) is 6.54 Å². The number of hydrogen-bond donors (Lipinski definition) is 1. The summed E-state index contributed by atoms with van der Waals surface area (Å²) in [5, 5.41) is 3.49. The predicted octanol–water partition coefficient (Wildman–Crippen LogP) is 2.85. The van der Waals surface area contributed by atoms with E-state index in [1.54, 1.807) is 13.2 Å². The van der Waals surface area contributed by atoms with Gasteiger partial charge in [-0.05, 0) is 30.3 Å². The van der Waals surface area contributed by atoms with Crippen molar-refractivity contribution in [1.29, 1.82) is 0 Å². The molecule has 7 nitrogen and oxygen atoms in total. The van der Waals surface area contributed by atoms with Gasteiger partial charge in [-0.2, -0.15) is 0 Å². The van der Waals surface area contributed by atoms with Crippen LogP contribution in [0.2, 0.25) is 0 Å². The summed E-state index contributed by atoms with van der Waals surface area (Å²) in [5.41, 5.74) is 1.70. The summed E-state index contributed by atoms with van der Waals surface area (Å²) in [7, 11) is 1.58. The molecule has 0 unspecified atom stereocenters. The average molecular weight is 401 g/mol. The number of nitrogens with zero attached hydrogens (tertiary/aromatic N) is 2. The molecule has 1 N–H and O–H groups in total. The van der Waals surface area contributed by atoms with E-state index in [4.69, 9.17) is 4.74 Å². The highest BCUT2D eigenvalue weighted by atomic mass is 32.2. The zero-order valence-corrected chi connectivity index (χ0v) is 16.8. The van der Waals surface area contributed by atoms with Crippen molar-refractivity contribution < 1.29 is 19.1 Å². The molecule has 1 aliphatic heterocycles. The zero-order chi connectivity index (χ0) is 20.1. The molecule has 2 heterocycles. The van der Waals surface area contributed by atoms with Gasteiger partial charge in [-0.1, -0.05) is 25.1 Å². The van der Waals surface area contributed by atoms with Crippen LogP contribution < -0.4 is 5.32 Å². The fourth-order valence-corrected chi connectivity index (χ4v) is 3.94. The minimum absolute atomic E-state index is 0.118. The van der Waals surface area contributed by atoms with Crippen LogP contribution in [0.4, 0.5) is 4.79 Å². The summed E-state index contributed by atoms with van der Waals surface area (Å²) < 4.78 is 6.79. The van der Waals surface area contributed by atoms with Gasteiger partial charge in [0, 0.05) is 42.9 Å². The van der Waals surface area contributed by atoms with E-state index < -0.39 is 0 Å². The van der Waals surface area contributed by atoms with E-state index in [1.807, 2.05) is 42.0 Å². The lowest BCUT2D eigenvalue weighted by Gasteiger charge is -2.09. The number of nitrogens with one attached hydrogen (secondary N) is 1. The van der Waals surface area contributed by atoms with Crippen molar-refractivity contribution in [3.63, 3.8) is 0 Å². The van der Waals surface area contributed by atoms with Crippen LogP contribution in [0.25, 0.3) is 17.0 Å². The second-order valence-corrected chi connectivity index (χ2v) is 7.40. The Labute approximate surface area is 167 Å². The van der Waals surface area contributed by atoms with Gasteiger partial charge >= 0.3 is 0 Å². The first kappa shape index (κ1) is 20.2. The Bertz CT molecular complexity index is 935. The van der Waals surface area contributed by atoms with Gasteiger partial charge < -0.3 is 14.6 Å². The Hall–Kier alpha value is -2.58. The monoisotopic (exact) mass is 401 g/mol. The summed E-state index contributed by atoms with van der Waals surface area (Å²) >= 11 is 0.958. The van der Waals surface area contributed by atoms with Gasteiger partial charge in [0.25, 0.3) is 11.1 Å². The van der Waals surface area contributed by atoms with Crippen molar-refractivity contribution in [2.24, 2.45) is 0 Å². The first-order chi connectivity index (χ1) is 13.5. The van der Waals surface area contributed by atoms with E-state index in [0.29, 0.717) is 24.6 Å². The highest BCUT2D eigenvalue weighted by Crippen LogP contribution is 2.34. The van der Waals surface area contributed by atoms with Gasteiger partial charge in [-0.15, -0.1) is 0 Å². The van der Waals surface area contributed by atoms with Gasteiger partial charge in [-0.3, -0.25) is 19.3 Å². The van der Waals surface area contributed by atoms with Crippen LogP contribution >= 0.6 is 11.8 Å². The van der Waals surface area contributed by atoms with E-state index in [1.165, 1.54) is 4.90 Å². The predicted molar refractivity (Wildman–Crippen MR) is 110 cm³/mol. The number of carbonyl (C=O) groups is 3. The second-order valence-electron chi connectivity index (χ2n) is 6.41. The lowest BCUT2D eigenvalue weighted by molar-refractivity contribution is -0.123. The van der Waals surface area contributed by atoms with Crippen LogP contribution in [-0.2, 0) is 20.9 Å². The van der Waals surface area contributed by atoms with Crippen LogP contribution in [0.5, 0.6) is 0 Å². The van der Waals surface area contributed by atoms with Crippen LogP contribution in [0.15, 0.2) is 35.4 Å². The molecule has 0 bridgehead atoms. The molecule has 1 aromatic heterocycles. The molecule has 0 spiro atoms. The Balaban J connectivity index is 1.88. The molecule has 28 heavy (non-hydrogen) atoms. The van der Waals surface area contributed by atoms with Gasteiger partial charge in [0.15, 0.2) is 0 Å². The molecule has 0 saturated carbocycles. The molecule has 0 atom stereocenters. The van der Waals surface area contributed by atoms with Crippen LogP contribution in [0.3, 0.4) is 0 Å². The Morgan fingerprint density at radius 1 is 1.29 bits per heavy atom. The number of imide groups is 1. The number of carbonyl (C=O) groups excluding carboxylic acids is 3. The minimum atomic E-state index is -0.258. The van der Waals surface area contributed by atoms with E-state index >= 15 is 0 Å². The average Bonchev–Trinajstić information content (AvgIpc) is 3.15. The van der Waals surface area contributed by atoms with Crippen LogP contribution in [-0.4, -0.2) is 53.3 Å². The molecule has 8 heteroatoms. The van der Waals surface area contributed by atoms with Crippen molar-refractivity contribution in [2.45, 2.75) is 19.9 Å². The van der Waals surface area contributed by atoms with E-state index in [0.717, 1.165) is 34.6 Å². The van der Waals surface area contributed by atoms with Gasteiger partial charge in [0.05, 0.1) is 11.5 Å². The number of hydrogen-bond acceptors (Lipinski definition) is 5. The quantitative estimate of drug-likeness (QED) is 0.543. The van der Waals surface area contributed by atoms with E-state index in [2.05, 4.69) is 5.32 Å². The molecule has 3 amide bonds. The fourth-order valence-electron chi connectivity index (χ4n) is 3.08. The van der Waals surface area contributed by atoms with Crippen molar-refractivity contribution in [3.05, 3.63) is 40.9 Å². The highest BCUT2D eigenvalue weighted by molar-refractivity contribution is 8.18. The van der Waals surface area contributed by atoms with Crippen molar-refractivity contribution in [1.82, 2.24) is 14.8 Å². The van der Waals surface area contributed by atoms with Crippen LogP contribution in [0, 0.1) is 0 Å². The smallest absolute Gasteiger partial charge is 0.293 e. The first-order valence-electron chi connectivity index (χ1n) is 9.14. The lowest BCUT2D eigenvalue weighted by atomic mass is 10.1. The van der Waals surface area contributed by atoms with Gasteiger partial charge in [-0.25, -0.2) is 0 Å². The molecule has 1 saturated heterocycles. The molecule has 1 aliphatic rings. The summed E-state index contributed by atoms with van der Waals surface area (Å²) in [6.07, 6.45) is 4.30. The molecule has 1 fully saturated rings. The van der Waals surface area contributed by atoms with Crippen molar-refractivity contribution in [2.75, 3.05) is 26.8 Å². The summed E-state index contributed by atoms with van der Waals surface area (Å²) in [6, 6.07) is 7.68. The summed E-state index contributed by atoms with van der Waals surface area (Å²) in [5.74, 6) is -0.376. The molecule has 2 aromatic rings. The Morgan fingerprint density at radius 2 is 2.07 bits per heavy atom. The number of thioether (sulfide) groups is 1. The lowest BCUT2D eigenvalue weighted by Crippen LogP contribution is -2.30. The molecule has 3 rings (SSSR count). The van der Waals surface area contributed by atoms with Gasteiger partial charge in [0.2, 0.25) is 5.91 Å². The van der Waals surface area contributed by atoms with Crippen molar-refractivity contribution in [3.8, 4) is 0 Å². The number of rotatable bonds is 8. The molecule has 148 valence electrons. The standard InChI is InChI=1S/C20H23N3O4S/c1-3-9-23-19(25)17(28-20(23)26)11-14-12-22(13-18(24)21-8-10-27-2)16-7-5-4-6-15(14)16/h4-7,11-12H,3,8-10,13H2,1-2H3,(H,21,24)/b17-11-. The van der Waals surface area contributed by atoms with E-state index in [9.17, 15) is 14.4 Å². The maximum absolute atomic E-state index is 12.5. The second kappa shape index (κ2) is 9.07. The molecule has 1 aromatic carbocycles. The number of amides is 3. The number of para-hydroxylation sites is 1. The minimum Gasteiger partial charge on any atom is -0.383 e. The third kappa shape index (κ3) is 4.28. The topological polar surface area (TPSA) is 80.6 Å². The normalized spacial score (nSPS) is 15.8. The Kier molecular flexibility index (Phi) is 6.53. The van der Waals surface area contributed by atoms with E-state index in [-0.39, 0.29) is 23.6 Å².